The van der Waals surface area contributed by atoms with Gasteiger partial charge in [-0.3, -0.25) is 14.9 Å². The van der Waals surface area contributed by atoms with Crippen LogP contribution in [0.25, 0.3) is 11.0 Å². The maximum absolute atomic E-state index is 12.8. The van der Waals surface area contributed by atoms with Gasteiger partial charge in [0.2, 0.25) is 0 Å². The molecule has 0 saturated heterocycles. The molecule has 1 aliphatic carbocycles. The summed E-state index contributed by atoms with van der Waals surface area (Å²) in [5.41, 5.74) is 2.51. The number of H-pyrrole nitrogens is 1. The highest BCUT2D eigenvalue weighted by molar-refractivity contribution is 6.00. The molecule has 4 rings (SSSR count). The predicted octanol–water partition coefficient (Wildman–Crippen LogP) is 3.76. The maximum atomic E-state index is 12.8. The second-order valence-electron chi connectivity index (χ2n) is 7.00. The number of hydrogen-bond donors (Lipinski definition) is 3. The largest absolute Gasteiger partial charge is 0.382 e. The van der Waals surface area contributed by atoms with Crippen molar-refractivity contribution in [3.8, 4) is 0 Å². The zero-order chi connectivity index (χ0) is 19.5. The van der Waals surface area contributed by atoms with Crippen molar-refractivity contribution >= 4 is 28.3 Å². The van der Waals surface area contributed by atoms with Crippen LogP contribution in [-0.4, -0.2) is 26.8 Å². The Kier molecular flexibility index (Phi) is 4.92. The molecule has 0 radical (unpaired) electrons. The van der Waals surface area contributed by atoms with Gasteiger partial charge in [0.05, 0.1) is 28.1 Å². The standard InChI is InChI=1S/C20H21N5O3/c26-20(21-12-19-23-17-7-3-4-8-18(17)24-19)15-11-14(25(27)28)9-10-16(15)22-13-5-1-2-6-13/h3-4,7-11,13,22H,1-2,5-6,12H2,(H,21,26)(H,23,24). The fourth-order valence-electron chi connectivity index (χ4n) is 3.60. The number of para-hydroxylation sites is 2. The fraction of sp³-hybridized carbons (Fsp3) is 0.300. The highest BCUT2D eigenvalue weighted by Gasteiger charge is 2.21. The number of carbonyl (C=O) groups is 1. The molecule has 8 nitrogen and oxygen atoms in total. The van der Waals surface area contributed by atoms with Crippen molar-refractivity contribution in [3.05, 3.63) is 64.0 Å². The van der Waals surface area contributed by atoms with Crippen LogP contribution in [0.5, 0.6) is 0 Å². The third-order valence-corrected chi connectivity index (χ3v) is 5.03. The van der Waals surface area contributed by atoms with E-state index in [9.17, 15) is 14.9 Å². The number of carbonyl (C=O) groups excluding carboxylic acids is 1. The number of non-ortho nitro benzene ring substituents is 1. The molecule has 1 heterocycles. The number of aromatic nitrogens is 2. The lowest BCUT2D eigenvalue weighted by Gasteiger charge is -2.16. The molecule has 0 atom stereocenters. The molecule has 1 aromatic heterocycles. The van der Waals surface area contributed by atoms with E-state index in [2.05, 4.69) is 20.6 Å². The number of aromatic amines is 1. The Morgan fingerprint density at radius 3 is 2.75 bits per heavy atom. The third kappa shape index (κ3) is 3.80. The molecule has 0 spiro atoms. The molecule has 0 unspecified atom stereocenters. The SMILES string of the molecule is O=C(NCc1nc2ccccc2[nH]1)c1cc([N+](=O)[O-])ccc1NC1CCCC1. The monoisotopic (exact) mass is 379 g/mol. The lowest BCUT2D eigenvalue weighted by molar-refractivity contribution is -0.384. The van der Waals surface area contributed by atoms with Crippen molar-refractivity contribution in [2.45, 2.75) is 38.3 Å². The van der Waals surface area contributed by atoms with Crippen LogP contribution in [0.4, 0.5) is 11.4 Å². The fourth-order valence-corrected chi connectivity index (χ4v) is 3.60. The van der Waals surface area contributed by atoms with E-state index < -0.39 is 4.92 Å². The normalized spacial score (nSPS) is 14.3. The zero-order valence-corrected chi connectivity index (χ0v) is 15.3. The van der Waals surface area contributed by atoms with Gasteiger partial charge < -0.3 is 15.6 Å². The van der Waals surface area contributed by atoms with Crippen LogP contribution in [0.3, 0.4) is 0 Å². The number of amides is 1. The molecule has 1 aliphatic rings. The Balaban J connectivity index is 1.53. The second kappa shape index (κ2) is 7.67. The number of fused-ring (bicyclic) bond motifs is 1. The number of anilines is 1. The molecule has 1 saturated carbocycles. The minimum Gasteiger partial charge on any atom is -0.382 e. The molecule has 3 N–H and O–H groups in total. The van der Waals surface area contributed by atoms with Gasteiger partial charge in [0, 0.05) is 23.9 Å². The predicted molar refractivity (Wildman–Crippen MR) is 106 cm³/mol. The zero-order valence-electron chi connectivity index (χ0n) is 15.3. The van der Waals surface area contributed by atoms with Crippen molar-refractivity contribution < 1.29 is 9.72 Å². The number of rotatable bonds is 6. The number of nitrogens with zero attached hydrogens (tertiary/aromatic N) is 2. The van der Waals surface area contributed by atoms with E-state index >= 15 is 0 Å². The number of nitro groups is 1. The van der Waals surface area contributed by atoms with Crippen LogP contribution in [0, 0.1) is 10.1 Å². The smallest absolute Gasteiger partial charge is 0.270 e. The van der Waals surface area contributed by atoms with E-state index in [4.69, 9.17) is 0 Å². The van der Waals surface area contributed by atoms with Crippen molar-refractivity contribution in [1.82, 2.24) is 15.3 Å². The van der Waals surface area contributed by atoms with Crippen LogP contribution in [-0.2, 0) is 6.54 Å². The van der Waals surface area contributed by atoms with Gasteiger partial charge in [-0.15, -0.1) is 0 Å². The Labute approximate surface area is 161 Å². The van der Waals surface area contributed by atoms with Crippen molar-refractivity contribution in [2.75, 3.05) is 5.32 Å². The molecule has 2 aromatic carbocycles. The first-order chi connectivity index (χ1) is 13.6. The second-order valence-corrected chi connectivity index (χ2v) is 7.00. The minimum atomic E-state index is -0.491. The summed E-state index contributed by atoms with van der Waals surface area (Å²) in [5, 5.41) is 17.3. The van der Waals surface area contributed by atoms with Gasteiger partial charge >= 0.3 is 0 Å². The summed E-state index contributed by atoms with van der Waals surface area (Å²) in [6.45, 7) is 0.207. The van der Waals surface area contributed by atoms with Gasteiger partial charge in [-0.1, -0.05) is 25.0 Å². The van der Waals surface area contributed by atoms with Gasteiger partial charge in [-0.05, 0) is 31.0 Å². The highest BCUT2D eigenvalue weighted by atomic mass is 16.6. The Morgan fingerprint density at radius 1 is 1.21 bits per heavy atom. The summed E-state index contributed by atoms with van der Waals surface area (Å²) >= 11 is 0. The van der Waals surface area contributed by atoms with E-state index in [1.54, 1.807) is 6.07 Å². The van der Waals surface area contributed by atoms with Crippen LogP contribution in [0.15, 0.2) is 42.5 Å². The van der Waals surface area contributed by atoms with Gasteiger partial charge in [-0.25, -0.2) is 4.98 Å². The number of benzene rings is 2. The first kappa shape index (κ1) is 18.0. The Morgan fingerprint density at radius 2 is 2.00 bits per heavy atom. The van der Waals surface area contributed by atoms with Gasteiger partial charge in [0.1, 0.15) is 5.82 Å². The molecule has 8 heteroatoms. The van der Waals surface area contributed by atoms with Crippen molar-refractivity contribution in [2.24, 2.45) is 0 Å². The van der Waals surface area contributed by atoms with Crippen molar-refractivity contribution in [1.29, 1.82) is 0 Å². The number of nitro benzene ring substituents is 1. The van der Waals surface area contributed by atoms with Gasteiger partial charge in [-0.2, -0.15) is 0 Å². The molecular formula is C20H21N5O3. The van der Waals surface area contributed by atoms with E-state index in [-0.39, 0.29) is 23.7 Å². The molecule has 0 aliphatic heterocycles. The van der Waals surface area contributed by atoms with E-state index in [0.29, 0.717) is 17.6 Å². The number of nitrogens with one attached hydrogen (secondary N) is 3. The summed E-state index contributed by atoms with van der Waals surface area (Å²) in [6, 6.07) is 12.3. The molecule has 1 fully saturated rings. The summed E-state index contributed by atoms with van der Waals surface area (Å²) in [6.07, 6.45) is 4.38. The topological polar surface area (TPSA) is 113 Å². The van der Waals surface area contributed by atoms with Crippen LogP contribution in [0.1, 0.15) is 41.9 Å². The van der Waals surface area contributed by atoms with E-state index in [0.717, 1.165) is 36.7 Å². The van der Waals surface area contributed by atoms with Gasteiger partial charge in [0.15, 0.2) is 0 Å². The van der Waals surface area contributed by atoms with E-state index in [1.165, 1.54) is 12.1 Å². The minimum absolute atomic E-state index is 0.106. The Bertz CT molecular complexity index is 991. The maximum Gasteiger partial charge on any atom is 0.270 e. The molecule has 3 aromatic rings. The van der Waals surface area contributed by atoms with Crippen molar-refractivity contribution in [3.63, 3.8) is 0 Å². The summed E-state index contributed by atoms with van der Waals surface area (Å²) in [5.74, 6) is 0.259. The average molecular weight is 379 g/mol. The molecule has 28 heavy (non-hydrogen) atoms. The van der Waals surface area contributed by atoms with Crippen LogP contribution < -0.4 is 10.6 Å². The summed E-state index contributed by atoms with van der Waals surface area (Å²) in [4.78, 5) is 31.0. The van der Waals surface area contributed by atoms with Crippen LogP contribution in [0.2, 0.25) is 0 Å². The first-order valence-corrected chi connectivity index (χ1v) is 9.37. The van der Waals surface area contributed by atoms with E-state index in [1.807, 2.05) is 24.3 Å². The molecular weight excluding hydrogens is 358 g/mol. The number of imidazole rings is 1. The third-order valence-electron chi connectivity index (χ3n) is 5.03. The van der Waals surface area contributed by atoms with Crippen LogP contribution >= 0.6 is 0 Å². The molecule has 144 valence electrons. The highest BCUT2D eigenvalue weighted by Crippen LogP contribution is 2.27. The first-order valence-electron chi connectivity index (χ1n) is 9.37. The lowest BCUT2D eigenvalue weighted by Crippen LogP contribution is -2.26. The summed E-state index contributed by atoms with van der Waals surface area (Å²) in [7, 11) is 0. The van der Waals surface area contributed by atoms with Gasteiger partial charge in [0.25, 0.3) is 11.6 Å². The lowest BCUT2D eigenvalue weighted by atomic mass is 10.1. The summed E-state index contributed by atoms with van der Waals surface area (Å²) < 4.78 is 0. The molecule has 1 amide bonds. The average Bonchev–Trinajstić information content (AvgIpc) is 3.35. The number of hydrogen-bond acceptors (Lipinski definition) is 5. The Hall–Kier alpha value is -3.42. The quantitative estimate of drug-likeness (QED) is 0.446. The molecule has 0 bridgehead atoms.